The minimum absolute atomic E-state index is 0.0782. The van der Waals surface area contributed by atoms with Gasteiger partial charge < -0.3 is 5.73 Å². The minimum atomic E-state index is -0.445. The van der Waals surface area contributed by atoms with Crippen LogP contribution in [0, 0.1) is 10.1 Å². The van der Waals surface area contributed by atoms with Crippen molar-refractivity contribution < 1.29 is 4.92 Å². The van der Waals surface area contributed by atoms with Gasteiger partial charge in [0.25, 0.3) is 0 Å². The molecule has 8 heteroatoms. The molecular formula is C7H8N4O2S2. The average Bonchev–Trinajstić information content (AvgIpc) is 2.62. The Balaban J connectivity index is 2.73. The van der Waals surface area contributed by atoms with Crippen LogP contribution >= 0.6 is 23.6 Å². The number of nitrogens with zero attached hydrogens (tertiary/aromatic N) is 3. The van der Waals surface area contributed by atoms with Gasteiger partial charge in [0.15, 0.2) is 5.11 Å². The molecule has 80 valence electrons. The Kier molecular flexibility index (Phi) is 3.69. The fourth-order valence-electron chi connectivity index (χ4n) is 0.710. The molecule has 0 unspecified atom stereocenters. The van der Waals surface area contributed by atoms with Gasteiger partial charge in [0.2, 0.25) is 0 Å². The summed E-state index contributed by atoms with van der Waals surface area (Å²) in [6.45, 7) is 0. The Bertz CT molecular complexity index is 415. The summed E-state index contributed by atoms with van der Waals surface area (Å²) in [5.41, 5.74) is 5.29. The van der Waals surface area contributed by atoms with Gasteiger partial charge >= 0.3 is 5.00 Å². The number of nitro groups is 1. The van der Waals surface area contributed by atoms with Crippen LogP contribution in [0.15, 0.2) is 17.2 Å². The van der Waals surface area contributed by atoms with Crippen molar-refractivity contribution >= 4 is 39.9 Å². The van der Waals surface area contributed by atoms with E-state index in [0.29, 0.717) is 4.88 Å². The summed E-state index contributed by atoms with van der Waals surface area (Å²) in [4.78, 5) is 10.6. The van der Waals surface area contributed by atoms with Crippen LogP contribution in [0.25, 0.3) is 0 Å². The van der Waals surface area contributed by atoms with Gasteiger partial charge in [-0.25, -0.2) is 5.01 Å². The molecule has 0 aliphatic heterocycles. The van der Waals surface area contributed by atoms with Gasteiger partial charge in [-0.3, -0.25) is 10.1 Å². The highest BCUT2D eigenvalue weighted by Gasteiger charge is 2.08. The lowest BCUT2D eigenvalue weighted by Gasteiger charge is -2.07. The number of hydrazone groups is 1. The zero-order valence-corrected chi connectivity index (χ0v) is 9.42. The normalized spacial score (nSPS) is 10.5. The first-order chi connectivity index (χ1) is 7.00. The molecule has 1 heterocycles. The van der Waals surface area contributed by atoms with Gasteiger partial charge in [-0.1, -0.05) is 11.3 Å². The monoisotopic (exact) mass is 244 g/mol. The molecule has 0 bridgehead atoms. The van der Waals surface area contributed by atoms with E-state index < -0.39 is 4.92 Å². The van der Waals surface area contributed by atoms with E-state index in [-0.39, 0.29) is 10.1 Å². The van der Waals surface area contributed by atoms with E-state index >= 15 is 0 Å². The largest absolute Gasteiger partial charge is 0.375 e. The fraction of sp³-hybridized carbons (Fsp3) is 0.143. The predicted molar refractivity (Wildman–Crippen MR) is 63.1 cm³/mol. The summed E-state index contributed by atoms with van der Waals surface area (Å²) in [6.07, 6.45) is 1.47. The minimum Gasteiger partial charge on any atom is -0.375 e. The third kappa shape index (κ3) is 3.26. The van der Waals surface area contributed by atoms with Gasteiger partial charge in [0, 0.05) is 13.1 Å². The number of hydrogen-bond donors (Lipinski definition) is 1. The van der Waals surface area contributed by atoms with Gasteiger partial charge in [-0.05, 0) is 18.3 Å². The fourth-order valence-corrected chi connectivity index (χ4v) is 1.45. The summed E-state index contributed by atoms with van der Waals surface area (Å²) in [5.74, 6) is 0. The van der Waals surface area contributed by atoms with Crippen molar-refractivity contribution in [1.29, 1.82) is 0 Å². The topological polar surface area (TPSA) is 84.8 Å². The highest BCUT2D eigenvalue weighted by molar-refractivity contribution is 7.80. The van der Waals surface area contributed by atoms with Crippen LogP contribution in [0.2, 0.25) is 0 Å². The quantitative estimate of drug-likeness (QED) is 0.373. The highest BCUT2D eigenvalue weighted by Crippen LogP contribution is 2.22. The van der Waals surface area contributed by atoms with Gasteiger partial charge in [0.1, 0.15) is 0 Å². The van der Waals surface area contributed by atoms with Crippen molar-refractivity contribution in [3.05, 3.63) is 27.1 Å². The van der Waals surface area contributed by atoms with Crippen LogP contribution in [0.5, 0.6) is 0 Å². The van der Waals surface area contributed by atoms with E-state index in [2.05, 4.69) is 17.3 Å². The van der Waals surface area contributed by atoms with E-state index in [1.54, 1.807) is 13.1 Å². The van der Waals surface area contributed by atoms with Crippen LogP contribution in [0.3, 0.4) is 0 Å². The molecule has 0 fully saturated rings. The first-order valence-electron chi connectivity index (χ1n) is 3.82. The van der Waals surface area contributed by atoms with Crippen molar-refractivity contribution in [2.45, 2.75) is 0 Å². The Morgan fingerprint density at radius 2 is 2.47 bits per heavy atom. The molecule has 6 nitrogen and oxygen atoms in total. The lowest BCUT2D eigenvalue weighted by Crippen LogP contribution is -2.26. The molecule has 0 saturated heterocycles. The second-order valence-electron chi connectivity index (χ2n) is 2.54. The first-order valence-corrected chi connectivity index (χ1v) is 5.04. The second-order valence-corrected chi connectivity index (χ2v) is 4.05. The summed E-state index contributed by atoms with van der Waals surface area (Å²) >= 11 is 5.70. The van der Waals surface area contributed by atoms with Crippen molar-refractivity contribution in [1.82, 2.24) is 5.01 Å². The SMILES string of the molecule is CN(/N=C\c1ccc([N+](=O)[O-])s1)C(N)=S. The molecule has 0 aliphatic carbocycles. The van der Waals surface area contributed by atoms with Gasteiger partial charge in [-0.2, -0.15) is 5.10 Å². The molecule has 2 N–H and O–H groups in total. The molecule has 1 aromatic heterocycles. The van der Waals surface area contributed by atoms with Crippen LogP contribution < -0.4 is 5.73 Å². The number of rotatable bonds is 3. The molecule has 0 aromatic carbocycles. The van der Waals surface area contributed by atoms with E-state index in [9.17, 15) is 10.1 Å². The number of nitrogens with two attached hydrogens (primary N) is 1. The molecular weight excluding hydrogens is 236 g/mol. The summed E-state index contributed by atoms with van der Waals surface area (Å²) in [6, 6.07) is 3.03. The zero-order valence-electron chi connectivity index (χ0n) is 7.78. The Morgan fingerprint density at radius 1 is 1.80 bits per heavy atom. The molecule has 0 saturated carbocycles. The molecule has 0 amide bonds. The standard InChI is InChI=1S/C7H8N4O2S2/c1-10(7(8)14)9-4-5-2-3-6(15-5)11(12)13/h2-4H,1H3,(H2,8,14)/b9-4-. The predicted octanol–water partition coefficient (Wildman–Crippen LogP) is 1.17. The van der Waals surface area contributed by atoms with Crippen molar-refractivity contribution in [2.75, 3.05) is 7.05 Å². The third-order valence-electron chi connectivity index (χ3n) is 1.47. The lowest BCUT2D eigenvalue weighted by molar-refractivity contribution is -0.380. The van der Waals surface area contributed by atoms with Crippen molar-refractivity contribution in [3.63, 3.8) is 0 Å². The number of thiocarbonyl (C=S) groups is 1. The summed E-state index contributed by atoms with van der Waals surface area (Å²) in [7, 11) is 1.60. The van der Waals surface area contributed by atoms with Gasteiger partial charge in [0.05, 0.1) is 16.0 Å². The molecule has 1 rings (SSSR count). The number of thiophene rings is 1. The van der Waals surface area contributed by atoms with E-state index in [0.717, 1.165) is 11.3 Å². The Hall–Kier alpha value is -1.54. The van der Waals surface area contributed by atoms with Crippen LogP contribution in [0.1, 0.15) is 4.88 Å². The summed E-state index contributed by atoms with van der Waals surface area (Å²) < 4.78 is 0. The molecule has 0 spiro atoms. The number of hydrogen-bond acceptors (Lipinski definition) is 5. The maximum absolute atomic E-state index is 10.4. The van der Waals surface area contributed by atoms with Gasteiger partial charge in [-0.15, -0.1) is 0 Å². The highest BCUT2D eigenvalue weighted by atomic mass is 32.1. The molecule has 0 atom stereocenters. The van der Waals surface area contributed by atoms with E-state index in [4.69, 9.17) is 5.73 Å². The van der Waals surface area contributed by atoms with Crippen LogP contribution in [-0.2, 0) is 0 Å². The van der Waals surface area contributed by atoms with Crippen LogP contribution in [-0.4, -0.2) is 28.3 Å². The smallest absolute Gasteiger partial charge is 0.324 e. The van der Waals surface area contributed by atoms with Crippen molar-refractivity contribution in [2.24, 2.45) is 10.8 Å². The molecule has 1 aromatic rings. The molecule has 0 aliphatic rings. The second kappa shape index (κ2) is 4.80. The van der Waals surface area contributed by atoms with Crippen molar-refractivity contribution in [3.8, 4) is 0 Å². The van der Waals surface area contributed by atoms with E-state index in [1.165, 1.54) is 17.3 Å². The third-order valence-corrected chi connectivity index (χ3v) is 2.71. The Labute approximate surface area is 95.1 Å². The summed E-state index contributed by atoms with van der Waals surface area (Å²) in [5, 5.41) is 15.8. The average molecular weight is 244 g/mol. The maximum atomic E-state index is 10.4. The lowest BCUT2D eigenvalue weighted by atomic mass is 10.5. The van der Waals surface area contributed by atoms with Crippen LogP contribution in [0.4, 0.5) is 5.00 Å². The van der Waals surface area contributed by atoms with E-state index in [1.807, 2.05) is 0 Å². The molecule has 0 radical (unpaired) electrons. The zero-order chi connectivity index (χ0) is 11.4. The first kappa shape index (κ1) is 11.5. The maximum Gasteiger partial charge on any atom is 0.324 e. The molecule has 15 heavy (non-hydrogen) atoms. The Morgan fingerprint density at radius 3 is 2.93 bits per heavy atom.